The lowest BCUT2D eigenvalue weighted by molar-refractivity contribution is 0.0902. The number of aliphatic hydroxyl groups excluding tert-OH is 1. The molecule has 0 amide bonds. The van der Waals surface area contributed by atoms with Crippen LogP contribution in [0.15, 0.2) is 23.4 Å². The third-order valence-electron chi connectivity index (χ3n) is 3.66. The Hall–Kier alpha value is -1.66. The Morgan fingerprint density at radius 3 is 2.80 bits per heavy atom. The average molecular weight is 281 g/mol. The topological polar surface area (TPSA) is 90.9 Å². The summed E-state index contributed by atoms with van der Waals surface area (Å²) < 4.78 is 13.5. The van der Waals surface area contributed by atoms with E-state index in [0.29, 0.717) is 17.7 Å². The van der Waals surface area contributed by atoms with Gasteiger partial charge in [-0.3, -0.25) is 0 Å². The van der Waals surface area contributed by atoms with Crippen LogP contribution in [0.5, 0.6) is 0 Å². The lowest BCUT2D eigenvalue weighted by Crippen LogP contribution is -2.41. The number of nitrogens with one attached hydrogen (secondary N) is 1. The highest BCUT2D eigenvalue weighted by Gasteiger charge is 2.22. The number of benzene rings is 1. The van der Waals surface area contributed by atoms with Crippen LogP contribution in [-0.4, -0.2) is 28.3 Å². The Kier molecular flexibility index (Phi) is 4.92. The lowest BCUT2D eigenvalue weighted by Gasteiger charge is -2.28. The number of nitrogens with two attached hydrogens (primary N) is 1. The molecule has 2 atom stereocenters. The number of nitrogens with zero attached hydrogens (tertiary/aromatic N) is 1. The predicted molar refractivity (Wildman–Crippen MR) is 74.0 cm³/mol. The lowest BCUT2D eigenvalue weighted by atomic mass is 9.92. The van der Waals surface area contributed by atoms with Crippen molar-refractivity contribution in [2.24, 2.45) is 10.9 Å². The van der Waals surface area contributed by atoms with E-state index in [9.17, 15) is 9.50 Å². The summed E-state index contributed by atoms with van der Waals surface area (Å²) in [5.74, 6) is -0.557. The van der Waals surface area contributed by atoms with E-state index in [4.69, 9.17) is 10.9 Å². The van der Waals surface area contributed by atoms with Gasteiger partial charge in [-0.1, -0.05) is 18.0 Å². The van der Waals surface area contributed by atoms with Crippen molar-refractivity contribution >= 4 is 5.84 Å². The molecule has 0 spiro atoms. The van der Waals surface area contributed by atoms with Gasteiger partial charge >= 0.3 is 0 Å². The smallest absolute Gasteiger partial charge is 0.170 e. The Morgan fingerprint density at radius 2 is 2.10 bits per heavy atom. The Balaban J connectivity index is 2.03. The molecule has 0 aliphatic heterocycles. The zero-order chi connectivity index (χ0) is 14.5. The predicted octanol–water partition coefficient (Wildman–Crippen LogP) is 1.31. The van der Waals surface area contributed by atoms with Gasteiger partial charge in [-0.05, 0) is 36.6 Å². The third-order valence-corrected chi connectivity index (χ3v) is 3.66. The minimum atomic E-state index is -0.435. The van der Waals surface area contributed by atoms with Gasteiger partial charge in [0, 0.05) is 18.2 Å². The summed E-state index contributed by atoms with van der Waals surface area (Å²) in [6.07, 6.45) is 3.51. The summed E-state index contributed by atoms with van der Waals surface area (Å²) in [6.45, 7) is 0.436. The molecule has 1 fully saturated rings. The van der Waals surface area contributed by atoms with Crippen LogP contribution in [0.4, 0.5) is 4.39 Å². The largest absolute Gasteiger partial charge is 0.409 e. The van der Waals surface area contributed by atoms with Crippen LogP contribution in [0.25, 0.3) is 0 Å². The maximum Gasteiger partial charge on any atom is 0.170 e. The number of halogens is 1. The molecule has 0 aromatic heterocycles. The van der Waals surface area contributed by atoms with Crippen molar-refractivity contribution in [1.29, 1.82) is 0 Å². The fraction of sp³-hybridized carbons (Fsp3) is 0.500. The summed E-state index contributed by atoms with van der Waals surface area (Å²) in [6, 6.07) is 4.32. The molecule has 5 N–H and O–H groups in total. The van der Waals surface area contributed by atoms with Crippen molar-refractivity contribution < 1.29 is 14.7 Å². The van der Waals surface area contributed by atoms with Crippen LogP contribution in [0.1, 0.15) is 36.8 Å². The second kappa shape index (κ2) is 6.67. The van der Waals surface area contributed by atoms with Gasteiger partial charge in [0.15, 0.2) is 5.84 Å². The van der Waals surface area contributed by atoms with Gasteiger partial charge in [-0.15, -0.1) is 0 Å². The standard InChI is InChI=1S/C14H20FN3O2/c15-11-6-9(5-10(7-11)14(16)18-20)8-17-12-3-1-2-4-13(12)19/h5-7,12-13,17,19-20H,1-4,8H2,(H2,16,18). The second-order valence-corrected chi connectivity index (χ2v) is 5.17. The van der Waals surface area contributed by atoms with Crippen molar-refractivity contribution in [2.75, 3.05) is 0 Å². The van der Waals surface area contributed by atoms with Crippen molar-refractivity contribution in [3.63, 3.8) is 0 Å². The van der Waals surface area contributed by atoms with E-state index in [1.54, 1.807) is 6.07 Å². The van der Waals surface area contributed by atoms with E-state index in [1.807, 2.05) is 0 Å². The molecule has 0 saturated heterocycles. The van der Waals surface area contributed by atoms with E-state index in [0.717, 1.165) is 25.7 Å². The van der Waals surface area contributed by atoms with Gasteiger partial charge in [0.25, 0.3) is 0 Å². The minimum absolute atomic E-state index is 0.0410. The molecule has 1 aromatic carbocycles. The maximum absolute atomic E-state index is 13.5. The molecule has 1 saturated carbocycles. The van der Waals surface area contributed by atoms with Crippen LogP contribution in [-0.2, 0) is 6.54 Å². The van der Waals surface area contributed by atoms with Crippen LogP contribution in [0.2, 0.25) is 0 Å². The van der Waals surface area contributed by atoms with E-state index < -0.39 is 5.82 Å². The molecule has 20 heavy (non-hydrogen) atoms. The van der Waals surface area contributed by atoms with Crippen LogP contribution in [0.3, 0.4) is 0 Å². The Labute approximate surface area is 117 Å². The van der Waals surface area contributed by atoms with E-state index in [2.05, 4.69) is 10.5 Å². The molecule has 1 aliphatic rings. The highest BCUT2D eigenvalue weighted by molar-refractivity contribution is 5.97. The first-order valence-electron chi connectivity index (χ1n) is 6.79. The molecule has 2 rings (SSSR count). The maximum atomic E-state index is 13.5. The van der Waals surface area contributed by atoms with Crippen LogP contribution in [0, 0.1) is 5.82 Å². The molecular weight excluding hydrogens is 261 g/mol. The van der Waals surface area contributed by atoms with Crippen LogP contribution < -0.4 is 11.1 Å². The summed E-state index contributed by atoms with van der Waals surface area (Å²) in [5, 5.41) is 24.6. The number of hydrogen-bond acceptors (Lipinski definition) is 4. The zero-order valence-electron chi connectivity index (χ0n) is 11.2. The number of amidine groups is 1. The van der Waals surface area contributed by atoms with Gasteiger partial charge in [0.1, 0.15) is 5.82 Å². The number of hydrogen-bond donors (Lipinski definition) is 4. The summed E-state index contributed by atoms with van der Waals surface area (Å²) in [7, 11) is 0. The molecule has 1 aliphatic carbocycles. The molecule has 0 bridgehead atoms. The summed E-state index contributed by atoms with van der Waals surface area (Å²) in [5.41, 5.74) is 6.51. The molecule has 5 nitrogen and oxygen atoms in total. The molecular formula is C14H20FN3O2. The fourth-order valence-corrected chi connectivity index (χ4v) is 2.56. The molecule has 1 aromatic rings. The molecule has 0 radical (unpaired) electrons. The minimum Gasteiger partial charge on any atom is -0.409 e. The first-order chi connectivity index (χ1) is 9.60. The normalized spacial score (nSPS) is 23.8. The van der Waals surface area contributed by atoms with Gasteiger partial charge < -0.3 is 21.4 Å². The van der Waals surface area contributed by atoms with Crippen molar-refractivity contribution in [3.05, 3.63) is 35.1 Å². The van der Waals surface area contributed by atoms with E-state index in [1.165, 1.54) is 12.1 Å². The molecule has 0 heterocycles. The molecule has 6 heteroatoms. The van der Waals surface area contributed by atoms with Crippen molar-refractivity contribution in [2.45, 2.75) is 44.4 Å². The SMILES string of the molecule is N/C(=N/O)c1cc(F)cc(CNC2CCCCC2O)c1. The van der Waals surface area contributed by atoms with Crippen LogP contribution >= 0.6 is 0 Å². The average Bonchev–Trinajstić information content (AvgIpc) is 2.45. The highest BCUT2D eigenvalue weighted by atomic mass is 19.1. The monoisotopic (exact) mass is 281 g/mol. The van der Waals surface area contributed by atoms with E-state index >= 15 is 0 Å². The zero-order valence-corrected chi connectivity index (χ0v) is 11.2. The van der Waals surface area contributed by atoms with Crippen molar-refractivity contribution in [3.8, 4) is 0 Å². The summed E-state index contributed by atoms with van der Waals surface area (Å²) in [4.78, 5) is 0. The molecule has 110 valence electrons. The highest BCUT2D eigenvalue weighted by Crippen LogP contribution is 2.19. The Morgan fingerprint density at radius 1 is 1.35 bits per heavy atom. The van der Waals surface area contributed by atoms with Gasteiger partial charge in [-0.25, -0.2) is 4.39 Å². The third kappa shape index (κ3) is 3.68. The fourth-order valence-electron chi connectivity index (χ4n) is 2.56. The number of rotatable bonds is 4. The number of oxime groups is 1. The van der Waals surface area contributed by atoms with Gasteiger partial charge in [0.2, 0.25) is 0 Å². The Bertz CT molecular complexity index is 493. The second-order valence-electron chi connectivity index (χ2n) is 5.17. The van der Waals surface area contributed by atoms with Crippen molar-refractivity contribution in [1.82, 2.24) is 5.32 Å². The van der Waals surface area contributed by atoms with Gasteiger partial charge in [0.05, 0.1) is 6.10 Å². The van der Waals surface area contributed by atoms with E-state index in [-0.39, 0.29) is 18.0 Å². The molecule has 2 unspecified atom stereocenters. The quantitative estimate of drug-likeness (QED) is 0.290. The van der Waals surface area contributed by atoms with Gasteiger partial charge in [-0.2, -0.15) is 0 Å². The summed E-state index contributed by atoms with van der Waals surface area (Å²) >= 11 is 0. The first-order valence-corrected chi connectivity index (χ1v) is 6.79. The number of aliphatic hydroxyl groups is 1. The first kappa shape index (κ1) is 14.7.